The Morgan fingerprint density at radius 1 is 1.18 bits per heavy atom. The Balaban J connectivity index is 1.77. The monoisotopic (exact) mass is 491 g/mol. The summed E-state index contributed by atoms with van der Waals surface area (Å²) in [5, 5.41) is 11.8. The second kappa shape index (κ2) is 10.6. The summed E-state index contributed by atoms with van der Waals surface area (Å²) in [4.78, 5) is 42.4. The number of carbonyl (C=O) groups excluding carboxylic acids is 2. The molecule has 0 aliphatic carbocycles. The lowest BCUT2D eigenvalue weighted by Gasteiger charge is -2.14. The highest BCUT2D eigenvalue weighted by Crippen LogP contribution is 2.40. The van der Waals surface area contributed by atoms with Gasteiger partial charge in [0.25, 0.3) is 0 Å². The van der Waals surface area contributed by atoms with Crippen LogP contribution in [0.25, 0.3) is 0 Å². The summed E-state index contributed by atoms with van der Waals surface area (Å²) in [6.07, 6.45) is -0.0687. The van der Waals surface area contributed by atoms with Gasteiger partial charge in [-0.1, -0.05) is 23.4 Å². The maximum atomic E-state index is 12.9. The summed E-state index contributed by atoms with van der Waals surface area (Å²) in [6.45, 7) is 2.20. The van der Waals surface area contributed by atoms with E-state index >= 15 is 0 Å². The second-order valence-electron chi connectivity index (χ2n) is 6.88. The van der Waals surface area contributed by atoms with Crippen LogP contribution in [0.2, 0.25) is 5.02 Å². The van der Waals surface area contributed by atoms with Crippen LogP contribution in [-0.4, -0.2) is 59.0 Å². The number of nitrogens with one attached hydrogen (secondary N) is 1. The number of carbonyl (C=O) groups is 3. The van der Waals surface area contributed by atoms with E-state index in [1.807, 2.05) is 6.92 Å². The van der Waals surface area contributed by atoms with E-state index in [-0.39, 0.29) is 23.8 Å². The first-order valence-electron chi connectivity index (χ1n) is 9.88. The molecule has 2 amide bonds. The number of nitrogens with zero attached hydrogens (tertiary/aromatic N) is 2. The number of hydrogen-bond donors (Lipinski definition) is 2. The SMILES string of the molecule is CCN1C(=O)C(CC(=O)Nc2ccc(C(=O)O)cc2)SC1=Nc1cc(OC)c(Cl)cc1OC. The van der Waals surface area contributed by atoms with Gasteiger partial charge in [-0.3, -0.25) is 14.5 Å². The van der Waals surface area contributed by atoms with Crippen molar-refractivity contribution in [2.75, 3.05) is 26.1 Å². The number of carboxylic acid groups (broad SMARTS) is 1. The van der Waals surface area contributed by atoms with Crippen molar-refractivity contribution >= 4 is 57.7 Å². The zero-order valence-electron chi connectivity index (χ0n) is 18.1. The molecule has 9 nitrogen and oxygen atoms in total. The van der Waals surface area contributed by atoms with Gasteiger partial charge in [0.1, 0.15) is 22.4 Å². The van der Waals surface area contributed by atoms with Gasteiger partial charge >= 0.3 is 5.97 Å². The lowest BCUT2D eigenvalue weighted by molar-refractivity contribution is -0.128. The molecule has 1 unspecified atom stereocenters. The number of hydrogen-bond acceptors (Lipinski definition) is 7. The molecule has 1 aliphatic rings. The van der Waals surface area contributed by atoms with Crippen molar-refractivity contribution in [2.45, 2.75) is 18.6 Å². The first-order chi connectivity index (χ1) is 15.8. The molecule has 0 saturated carbocycles. The lowest BCUT2D eigenvalue weighted by atomic mass is 10.2. The molecular formula is C22H22ClN3O6S. The van der Waals surface area contributed by atoms with E-state index in [9.17, 15) is 14.4 Å². The van der Waals surface area contributed by atoms with Crippen LogP contribution in [0, 0.1) is 0 Å². The molecule has 1 fully saturated rings. The standard InChI is InChI=1S/C22H22ClN3O6S/c1-4-26-20(28)18(11-19(27)24-13-7-5-12(6-8-13)21(29)30)33-22(26)25-15-10-16(31-2)14(23)9-17(15)32-3/h5-10,18H,4,11H2,1-3H3,(H,24,27)(H,29,30). The van der Waals surface area contributed by atoms with Crippen LogP contribution in [0.15, 0.2) is 41.4 Å². The van der Waals surface area contributed by atoms with E-state index in [0.717, 1.165) is 0 Å². The molecule has 174 valence electrons. The van der Waals surface area contributed by atoms with Crippen molar-refractivity contribution in [2.24, 2.45) is 4.99 Å². The van der Waals surface area contributed by atoms with Crippen LogP contribution < -0.4 is 14.8 Å². The van der Waals surface area contributed by atoms with Crippen molar-refractivity contribution in [1.82, 2.24) is 4.90 Å². The molecule has 0 radical (unpaired) electrons. The van der Waals surface area contributed by atoms with Gasteiger partial charge < -0.3 is 19.9 Å². The third kappa shape index (κ3) is 5.58. The zero-order chi connectivity index (χ0) is 24.1. The first kappa shape index (κ1) is 24.4. The number of amides is 2. The third-order valence-electron chi connectivity index (χ3n) is 4.79. The fraction of sp³-hybridized carbons (Fsp3) is 0.273. The molecule has 0 spiro atoms. The number of anilines is 1. The Bertz CT molecular complexity index is 1110. The summed E-state index contributed by atoms with van der Waals surface area (Å²) >= 11 is 7.34. The smallest absolute Gasteiger partial charge is 0.335 e. The molecule has 3 rings (SSSR count). The maximum absolute atomic E-state index is 12.9. The van der Waals surface area contributed by atoms with Crippen molar-refractivity contribution in [1.29, 1.82) is 0 Å². The molecule has 33 heavy (non-hydrogen) atoms. The summed E-state index contributed by atoms with van der Waals surface area (Å²) < 4.78 is 10.6. The number of carboxylic acids is 1. The van der Waals surface area contributed by atoms with E-state index in [4.69, 9.17) is 26.2 Å². The van der Waals surface area contributed by atoms with E-state index in [1.54, 1.807) is 12.1 Å². The topological polar surface area (TPSA) is 118 Å². The highest BCUT2D eigenvalue weighted by atomic mass is 35.5. The minimum atomic E-state index is -1.05. The molecule has 0 aromatic heterocycles. The average Bonchev–Trinajstić information content (AvgIpc) is 3.08. The molecule has 2 aromatic rings. The minimum Gasteiger partial charge on any atom is -0.495 e. The summed E-state index contributed by atoms with van der Waals surface area (Å²) in [7, 11) is 2.98. The highest BCUT2D eigenvalue weighted by molar-refractivity contribution is 8.15. The van der Waals surface area contributed by atoms with Crippen molar-refractivity contribution in [3.63, 3.8) is 0 Å². The van der Waals surface area contributed by atoms with Crippen LogP contribution in [0.4, 0.5) is 11.4 Å². The van der Waals surface area contributed by atoms with Gasteiger partial charge in [-0.2, -0.15) is 0 Å². The first-order valence-corrected chi connectivity index (χ1v) is 11.1. The van der Waals surface area contributed by atoms with Crippen molar-refractivity contribution in [3.05, 3.63) is 47.0 Å². The number of aromatic carboxylic acids is 1. The molecule has 2 N–H and O–H groups in total. The zero-order valence-corrected chi connectivity index (χ0v) is 19.7. The number of amidine groups is 1. The second-order valence-corrected chi connectivity index (χ2v) is 8.45. The molecule has 0 bridgehead atoms. The van der Waals surface area contributed by atoms with E-state index < -0.39 is 11.2 Å². The number of thioether (sulfide) groups is 1. The van der Waals surface area contributed by atoms with Gasteiger partial charge in [0, 0.05) is 30.8 Å². The van der Waals surface area contributed by atoms with Crippen LogP contribution >= 0.6 is 23.4 Å². The van der Waals surface area contributed by atoms with Gasteiger partial charge in [-0.25, -0.2) is 9.79 Å². The number of ether oxygens (including phenoxy) is 2. The predicted octanol–water partition coefficient (Wildman–Crippen LogP) is 4.04. The number of methoxy groups -OCH3 is 2. The van der Waals surface area contributed by atoms with E-state index in [2.05, 4.69) is 10.3 Å². The Morgan fingerprint density at radius 2 is 1.85 bits per heavy atom. The Hall–Kier alpha value is -3.24. The Kier molecular flexibility index (Phi) is 7.83. The summed E-state index contributed by atoms with van der Waals surface area (Å²) in [5.41, 5.74) is 0.999. The van der Waals surface area contributed by atoms with Crippen LogP contribution in [0.1, 0.15) is 23.7 Å². The number of rotatable bonds is 8. The van der Waals surface area contributed by atoms with Crippen LogP contribution in [-0.2, 0) is 9.59 Å². The van der Waals surface area contributed by atoms with E-state index in [1.165, 1.54) is 55.1 Å². The molecule has 1 heterocycles. The molecular weight excluding hydrogens is 470 g/mol. The molecule has 1 aliphatic heterocycles. The Labute approximate surface area is 199 Å². The maximum Gasteiger partial charge on any atom is 0.335 e. The van der Waals surface area contributed by atoms with Gasteiger partial charge in [0.05, 0.1) is 24.8 Å². The summed E-state index contributed by atoms with van der Waals surface area (Å²) in [6, 6.07) is 8.98. The fourth-order valence-electron chi connectivity index (χ4n) is 3.13. The minimum absolute atomic E-state index is 0.0687. The van der Waals surface area contributed by atoms with E-state index in [0.29, 0.717) is 39.6 Å². The molecule has 1 saturated heterocycles. The van der Waals surface area contributed by atoms with Crippen LogP contribution in [0.5, 0.6) is 11.5 Å². The summed E-state index contributed by atoms with van der Waals surface area (Å²) in [5.74, 6) is -0.811. The molecule has 2 aromatic carbocycles. The molecule has 11 heteroatoms. The highest BCUT2D eigenvalue weighted by Gasteiger charge is 2.38. The van der Waals surface area contributed by atoms with Crippen LogP contribution in [0.3, 0.4) is 0 Å². The van der Waals surface area contributed by atoms with Crippen molar-refractivity contribution in [3.8, 4) is 11.5 Å². The fourth-order valence-corrected chi connectivity index (χ4v) is 4.57. The van der Waals surface area contributed by atoms with Gasteiger partial charge in [0.2, 0.25) is 11.8 Å². The Morgan fingerprint density at radius 3 is 2.42 bits per heavy atom. The van der Waals surface area contributed by atoms with Gasteiger partial charge in [-0.15, -0.1) is 0 Å². The average molecular weight is 492 g/mol. The van der Waals surface area contributed by atoms with Gasteiger partial charge in [0.15, 0.2) is 5.17 Å². The quantitative estimate of drug-likeness (QED) is 0.572. The number of aliphatic imine (C=N–C) groups is 1. The molecule has 1 atom stereocenters. The lowest BCUT2D eigenvalue weighted by Crippen LogP contribution is -2.33. The van der Waals surface area contributed by atoms with Crippen molar-refractivity contribution < 1.29 is 29.0 Å². The number of halogens is 1. The number of benzene rings is 2. The normalized spacial score (nSPS) is 16.7. The third-order valence-corrected chi connectivity index (χ3v) is 6.26. The van der Waals surface area contributed by atoms with Gasteiger partial charge in [-0.05, 0) is 31.2 Å². The largest absolute Gasteiger partial charge is 0.495 e. The predicted molar refractivity (Wildman–Crippen MR) is 127 cm³/mol.